The first-order valence-corrected chi connectivity index (χ1v) is 14.7. The van der Waals surface area contributed by atoms with Crippen molar-refractivity contribution < 1.29 is 28.8 Å². The van der Waals surface area contributed by atoms with Crippen LogP contribution in [0.15, 0.2) is 49.1 Å². The molecule has 1 aromatic rings. The number of esters is 1. The van der Waals surface area contributed by atoms with E-state index in [2.05, 4.69) is 25.7 Å². The lowest BCUT2D eigenvalue weighted by Gasteiger charge is -2.30. The Morgan fingerprint density at radius 3 is 2.76 bits per heavy atom. The smallest absolute Gasteiger partial charge is 0.306 e. The van der Waals surface area contributed by atoms with Crippen LogP contribution < -0.4 is 4.74 Å². The van der Waals surface area contributed by atoms with E-state index in [-0.39, 0.29) is 42.2 Å². The molecule has 6 nitrogen and oxygen atoms in total. The molecule has 1 unspecified atom stereocenters. The van der Waals surface area contributed by atoms with Crippen LogP contribution in [0.5, 0.6) is 5.75 Å². The highest BCUT2D eigenvalue weighted by Crippen LogP contribution is 2.41. The molecule has 0 spiro atoms. The Morgan fingerprint density at radius 2 is 2.05 bits per heavy atom. The van der Waals surface area contributed by atoms with E-state index < -0.39 is 6.10 Å². The summed E-state index contributed by atoms with van der Waals surface area (Å²) in [5.41, 5.74) is 0.911. The molecule has 1 aromatic carbocycles. The van der Waals surface area contributed by atoms with Gasteiger partial charge in [-0.2, -0.15) is 0 Å². The molecule has 0 bridgehead atoms. The average Bonchev–Trinajstić information content (AvgIpc) is 3.22. The maximum atomic E-state index is 11.6. The lowest BCUT2D eigenvalue weighted by atomic mass is 9.91. The largest absolute Gasteiger partial charge is 0.493 e. The Labute approximate surface area is 233 Å². The summed E-state index contributed by atoms with van der Waals surface area (Å²) in [6.07, 6.45) is 13.6. The number of aliphatic hydroxyl groups excluding tert-OH is 1. The van der Waals surface area contributed by atoms with Gasteiger partial charge in [0.15, 0.2) is 6.29 Å². The molecule has 2 fully saturated rings. The summed E-state index contributed by atoms with van der Waals surface area (Å²) in [7, 11) is 0. The molecule has 1 aliphatic carbocycles. The highest BCUT2D eigenvalue weighted by atomic mass is 35.5. The number of rotatable bonds is 16. The van der Waals surface area contributed by atoms with Crippen LogP contribution in [0.4, 0.5) is 0 Å². The van der Waals surface area contributed by atoms with Crippen LogP contribution in [0.3, 0.4) is 0 Å². The Balaban J connectivity index is 1.56. The van der Waals surface area contributed by atoms with Gasteiger partial charge in [-0.15, -0.1) is 11.6 Å². The number of halogens is 1. The first-order chi connectivity index (χ1) is 18.5. The second-order valence-electron chi connectivity index (χ2n) is 10.3. The van der Waals surface area contributed by atoms with Gasteiger partial charge in [-0.1, -0.05) is 50.3 Å². The summed E-state index contributed by atoms with van der Waals surface area (Å²) >= 11 is 6.88. The number of ether oxygens (including phenoxy) is 4. The molecule has 1 N–H and O–H groups in total. The molecule has 2 aliphatic rings. The zero-order chi connectivity index (χ0) is 27.2. The summed E-state index contributed by atoms with van der Waals surface area (Å²) in [5, 5.41) is 10.2. The van der Waals surface area contributed by atoms with E-state index in [4.69, 9.17) is 30.5 Å². The van der Waals surface area contributed by atoms with Crippen molar-refractivity contribution in [3.8, 4) is 5.75 Å². The van der Waals surface area contributed by atoms with Gasteiger partial charge in [0.2, 0.25) is 0 Å². The van der Waals surface area contributed by atoms with E-state index >= 15 is 0 Å². The molecule has 7 heteroatoms. The molecule has 0 radical (unpaired) electrons. The van der Waals surface area contributed by atoms with Gasteiger partial charge in [0, 0.05) is 24.3 Å². The number of unbranched alkanes of at least 4 members (excludes halogenated alkanes) is 1. The maximum absolute atomic E-state index is 11.6. The Hall–Kier alpha value is -1.86. The molecular weight excluding hydrogens is 504 g/mol. The Bertz CT molecular complexity index is 850. The fourth-order valence-corrected chi connectivity index (χ4v) is 5.68. The third kappa shape index (κ3) is 10.0. The van der Waals surface area contributed by atoms with Crippen molar-refractivity contribution in [2.24, 2.45) is 11.8 Å². The standard InChI is InChI=1S/C31H45ClO6/c1-3-11-28(33)23-15-17-24(18-16-23)37-22-26-25(12-7-5-6-8-13-30(34)35-19-4-2)27(32)21-29(26)38-31-14-9-10-20-36-31/h4-5,7,15-18,25-29,31,33H,2-3,6,8-14,19-22H2,1H3/b7-5-/t25-,26-,27-,28+,29-,31?/m1/s1. The molecule has 3 rings (SSSR count). The molecule has 1 saturated heterocycles. The minimum absolute atomic E-state index is 0.0118. The first-order valence-electron chi connectivity index (χ1n) is 14.2. The van der Waals surface area contributed by atoms with Gasteiger partial charge in [-0.25, -0.2) is 0 Å². The highest BCUT2D eigenvalue weighted by molar-refractivity contribution is 6.21. The monoisotopic (exact) mass is 548 g/mol. The van der Waals surface area contributed by atoms with E-state index in [1.165, 1.54) is 0 Å². The molecule has 1 aliphatic heterocycles. The number of alkyl halides is 1. The van der Waals surface area contributed by atoms with E-state index in [9.17, 15) is 9.90 Å². The predicted molar refractivity (Wildman–Crippen MR) is 150 cm³/mol. The van der Waals surface area contributed by atoms with Crippen LogP contribution in [-0.2, 0) is 19.0 Å². The van der Waals surface area contributed by atoms with Crippen molar-refractivity contribution in [1.29, 1.82) is 0 Å². The van der Waals surface area contributed by atoms with Gasteiger partial charge in [0.25, 0.3) is 0 Å². The van der Waals surface area contributed by atoms with Crippen molar-refractivity contribution in [3.05, 3.63) is 54.6 Å². The number of carbonyl (C=O) groups excluding carboxylic acids is 1. The summed E-state index contributed by atoms with van der Waals surface area (Å²) in [5.74, 6) is 0.933. The Morgan fingerprint density at radius 1 is 1.24 bits per heavy atom. The molecule has 1 saturated carbocycles. The highest BCUT2D eigenvalue weighted by Gasteiger charge is 2.44. The lowest BCUT2D eigenvalue weighted by molar-refractivity contribution is -0.197. The fraction of sp³-hybridized carbons (Fsp3) is 0.645. The first kappa shape index (κ1) is 30.7. The SMILES string of the molecule is C=CCOC(=O)CCC/C=C\C[C@@H]1[C@@H](COc2ccc([C@@H](O)CCC)cc2)[C@H](OC2CCCCO2)C[C@H]1Cl. The summed E-state index contributed by atoms with van der Waals surface area (Å²) in [6, 6.07) is 7.73. The van der Waals surface area contributed by atoms with Gasteiger partial charge in [0.05, 0.1) is 18.8 Å². The molecule has 212 valence electrons. The second-order valence-corrected chi connectivity index (χ2v) is 10.9. The predicted octanol–water partition coefficient (Wildman–Crippen LogP) is 6.90. The van der Waals surface area contributed by atoms with E-state index in [0.717, 1.165) is 75.7 Å². The number of hydrogen-bond acceptors (Lipinski definition) is 6. The summed E-state index contributed by atoms with van der Waals surface area (Å²) in [4.78, 5) is 11.6. The minimum Gasteiger partial charge on any atom is -0.493 e. The second kappa shape index (κ2) is 17.0. The number of hydrogen-bond donors (Lipinski definition) is 1. The zero-order valence-electron chi connectivity index (χ0n) is 22.8. The molecular formula is C31H45ClO6. The zero-order valence-corrected chi connectivity index (χ0v) is 23.5. The Kier molecular flexibility index (Phi) is 13.7. The van der Waals surface area contributed by atoms with E-state index in [1.807, 2.05) is 24.3 Å². The van der Waals surface area contributed by atoms with Gasteiger partial charge in [0.1, 0.15) is 12.4 Å². The maximum Gasteiger partial charge on any atom is 0.306 e. The van der Waals surface area contributed by atoms with Crippen LogP contribution in [0.25, 0.3) is 0 Å². The van der Waals surface area contributed by atoms with Crippen molar-refractivity contribution in [2.75, 3.05) is 19.8 Å². The molecule has 6 atom stereocenters. The minimum atomic E-state index is -0.442. The summed E-state index contributed by atoms with van der Waals surface area (Å²) < 4.78 is 23.6. The third-order valence-corrected chi connectivity index (χ3v) is 7.87. The summed E-state index contributed by atoms with van der Waals surface area (Å²) in [6.45, 7) is 7.13. The van der Waals surface area contributed by atoms with Gasteiger partial charge < -0.3 is 24.1 Å². The van der Waals surface area contributed by atoms with Crippen molar-refractivity contribution in [1.82, 2.24) is 0 Å². The molecule has 0 amide bonds. The van der Waals surface area contributed by atoms with E-state index in [0.29, 0.717) is 13.0 Å². The quantitative estimate of drug-likeness (QED) is 0.105. The molecule has 1 heterocycles. The van der Waals surface area contributed by atoms with Crippen LogP contribution in [0, 0.1) is 11.8 Å². The topological polar surface area (TPSA) is 74.2 Å². The van der Waals surface area contributed by atoms with Crippen LogP contribution in [-0.4, -0.2) is 48.7 Å². The molecule has 0 aromatic heterocycles. The van der Waals surface area contributed by atoms with Crippen molar-refractivity contribution in [3.63, 3.8) is 0 Å². The lowest BCUT2D eigenvalue weighted by Crippen LogP contribution is -2.34. The van der Waals surface area contributed by atoms with Gasteiger partial charge in [-0.05, 0) is 75.0 Å². The fourth-order valence-electron chi connectivity index (χ4n) is 5.22. The van der Waals surface area contributed by atoms with Crippen molar-refractivity contribution in [2.45, 2.75) is 95.0 Å². The number of aliphatic hydroxyl groups is 1. The normalized spacial score (nSPS) is 26.3. The van der Waals surface area contributed by atoms with Crippen LogP contribution >= 0.6 is 11.6 Å². The van der Waals surface area contributed by atoms with Gasteiger partial charge in [-0.3, -0.25) is 4.79 Å². The number of allylic oxidation sites excluding steroid dienone is 2. The average molecular weight is 549 g/mol. The third-order valence-electron chi connectivity index (χ3n) is 7.37. The van der Waals surface area contributed by atoms with Crippen molar-refractivity contribution >= 4 is 17.6 Å². The van der Waals surface area contributed by atoms with Crippen LogP contribution in [0.2, 0.25) is 0 Å². The van der Waals surface area contributed by atoms with Crippen LogP contribution in [0.1, 0.15) is 82.8 Å². The molecule has 38 heavy (non-hydrogen) atoms. The number of benzene rings is 1. The van der Waals surface area contributed by atoms with Gasteiger partial charge >= 0.3 is 5.97 Å². The number of carbonyl (C=O) groups is 1. The van der Waals surface area contributed by atoms with E-state index in [1.54, 1.807) is 6.08 Å².